The Morgan fingerprint density at radius 2 is 1.62 bits per heavy atom. The lowest BCUT2D eigenvalue weighted by atomic mass is 9.86. The number of fused-ring (bicyclic) bond motifs is 1. The second kappa shape index (κ2) is 13.4. The van der Waals surface area contributed by atoms with Crippen LogP contribution in [0.25, 0.3) is 10.2 Å². The number of thiazole rings is 1. The number of aromatic nitrogens is 1. The van der Waals surface area contributed by atoms with Crippen LogP contribution < -0.4 is 16.4 Å². The zero-order chi connectivity index (χ0) is 29.6. The first-order chi connectivity index (χ1) is 20.3. The Morgan fingerprint density at radius 3 is 2.29 bits per heavy atom. The third-order valence-electron chi connectivity index (χ3n) is 8.01. The van der Waals surface area contributed by atoms with Crippen molar-refractivity contribution in [3.05, 3.63) is 94.0 Å². The van der Waals surface area contributed by atoms with Crippen LogP contribution in [0.4, 0.5) is 5.69 Å². The molecule has 0 radical (unpaired) electrons. The third kappa shape index (κ3) is 7.12. The first-order valence-corrected chi connectivity index (χ1v) is 15.6. The second-order valence-electron chi connectivity index (χ2n) is 11.5. The van der Waals surface area contributed by atoms with Gasteiger partial charge in [-0.3, -0.25) is 14.4 Å². The van der Waals surface area contributed by atoms with Gasteiger partial charge in [-0.05, 0) is 71.7 Å². The monoisotopic (exact) mass is 582 g/mol. The fraction of sp³-hybridized carbons (Fsp3) is 0.353. The van der Waals surface area contributed by atoms with Crippen molar-refractivity contribution in [3.63, 3.8) is 0 Å². The van der Waals surface area contributed by atoms with Crippen LogP contribution in [0.15, 0.2) is 66.7 Å². The molecular weight excluding hydrogens is 544 g/mol. The maximum atomic E-state index is 13.9. The highest BCUT2D eigenvalue weighted by Crippen LogP contribution is 2.30. The van der Waals surface area contributed by atoms with Crippen LogP contribution in [0.3, 0.4) is 0 Å². The molecule has 0 bridgehead atoms. The van der Waals surface area contributed by atoms with E-state index in [0.717, 1.165) is 35.9 Å². The van der Waals surface area contributed by atoms with Gasteiger partial charge in [0.15, 0.2) is 5.01 Å². The normalized spacial score (nSPS) is 14.6. The topological polar surface area (TPSA) is 114 Å². The van der Waals surface area contributed by atoms with Crippen LogP contribution in [0.5, 0.6) is 0 Å². The molecule has 3 aromatic carbocycles. The average Bonchev–Trinajstić information content (AvgIpc) is 3.44. The van der Waals surface area contributed by atoms with Gasteiger partial charge in [-0.1, -0.05) is 69.5 Å². The predicted molar refractivity (Wildman–Crippen MR) is 169 cm³/mol. The van der Waals surface area contributed by atoms with Crippen molar-refractivity contribution in [1.29, 1.82) is 0 Å². The fourth-order valence-electron chi connectivity index (χ4n) is 5.47. The number of nitrogens with one attached hydrogen (secondary N) is 2. The maximum absolute atomic E-state index is 13.9. The molecule has 1 saturated carbocycles. The Labute approximate surface area is 250 Å². The van der Waals surface area contributed by atoms with Gasteiger partial charge >= 0.3 is 0 Å². The molecule has 8 heteroatoms. The molecule has 0 spiro atoms. The van der Waals surface area contributed by atoms with Crippen LogP contribution in [0.2, 0.25) is 0 Å². The molecule has 0 saturated heterocycles. The van der Waals surface area contributed by atoms with E-state index >= 15 is 0 Å². The molecule has 0 aliphatic heterocycles. The quantitative estimate of drug-likeness (QED) is 0.172. The number of rotatable bonds is 10. The highest BCUT2D eigenvalue weighted by molar-refractivity contribution is 7.20. The highest BCUT2D eigenvalue weighted by Gasteiger charge is 2.28. The van der Waals surface area contributed by atoms with Gasteiger partial charge in [-0.15, -0.1) is 11.3 Å². The van der Waals surface area contributed by atoms with Crippen molar-refractivity contribution in [1.82, 2.24) is 10.3 Å². The number of carbonyl (C=O) groups is 3. The SMILES string of the molecule is CC(C)c1ccc(C(=O)Nc2ccc3nc(C(=O)C(NC(=O)CC4CCCCC4)c4ccc(CN)cc4)sc3c2)cc1. The highest BCUT2D eigenvalue weighted by atomic mass is 32.1. The van der Waals surface area contributed by atoms with Gasteiger partial charge in [-0.25, -0.2) is 4.98 Å². The van der Waals surface area contributed by atoms with Crippen LogP contribution in [0.1, 0.15) is 101 Å². The summed E-state index contributed by atoms with van der Waals surface area (Å²) in [6.45, 7) is 4.62. The summed E-state index contributed by atoms with van der Waals surface area (Å²) >= 11 is 1.26. The second-order valence-corrected chi connectivity index (χ2v) is 12.5. The van der Waals surface area contributed by atoms with E-state index in [2.05, 4.69) is 29.5 Å². The molecule has 1 atom stereocenters. The molecule has 4 aromatic rings. The third-order valence-corrected chi connectivity index (χ3v) is 9.04. The van der Waals surface area contributed by atoms with E-state index in [1.54, 1.807) is 12.1 Å². The number of ketones is 1. The van der Waals surface area contributed by atoms with E-state index in [9.17, 15) is 14.4 Å². The lowest BCUT2D eigenvalue weighted by molar-refractivity contribution is -0.122. The Hall–Kier alpha value is -3.88. The fourth-order valence-corrected chi connectivity index (χ4v) is 6.45. The van der Waals surface area contributed by atoms with Crippen LogP contribution in [-0.4, -0.2) is 22.6 Å². The largest absolute Gasteiger partial charge is 0.342 e. The summed E-state index contributed by atoms with van der Waals surface area (Å²) in [5.74, 6) is 0.175. The Kier molecular flexibility index (Phi) is 9.45. The van der Waals surface area contributed by atoms with Crippen molar-refractivity contribution in [2.45, 2.75) is 70.9 Å². The summed E-state index contributed by atoms with van der Waals surface area (Å²) in [4.78, 5) is 44.4. The van der Waals surface area contributed by atoms with Gasteiger partial charge in [0.2, 0.25) is 11.7 Å². The molecule has 1 aromatic heterocycles. The van der Waals surface area contributed by atoms with Gasteiger partial charge < -0.3 is 16.4 Å². The molecule has 1 aliphatic rings. The van der Waals surface area contributed by atoms with Crippen molar-refractivity contribution < 1.29 is 14.4 Å². The minimum absolute atomic E-state index is 0.115. The zero-order valence-electron chi connectivity index (χ0n) is 24.2. The lowest BCUT2D eigenvalue weighted by Gasteiger charge is -2.23. The number of nitrogens with zero attached hydrogens (tertiary/aromatic N) is 1. The molecule has 2 amide bonds. The van der Waals surface area contributed by atoms with E-state index in [4.69, 9.17) is 5.73 Å². The zero-order valence-corrected chi connectivity index (χ0v) is 25.0. The summed E-state index contributed by atoms with van der Waals surface area (Å²) in [5, 5.41) is 6.28. The molecule has 1 unspecified atom stereocenters. The van der Waals surface area contributed by atoms with Crippen LogP contribution in [0, 0.1) is 5.92 Å². The number of hydrogen-bond donors (Lipinski definition) is 3. The van der Waals surface area contributed by atoms with E-state index in [0.29, 0.717) is 52.1 Å². The number of nitrogens with two attached hydrogens (primary N) is 1. The average molecular weight is 583 g/mol. The van der Waals surface area contributed by atoms with Crippen molar-refractivity contribution in [3.8, 4) is 0 Å². The molecule has 1 fully saturated rings. The summed E-state index contributed by atoms with van der Waals surface area (Å²) < 4.78 is 0.775. The smallest absolute Gasteiger partial charge is 0.255 e. The Bertz CT molecular complexity index is 1550. The molecular formula is C34H38N4O3S. The number of amides is 2. The van der Waals surface area contributed by atoms with E-state index in [1.807, 2.05) is 54.6 Å². The number of carbonyl (C=O) groups excluding carboxylic acids is 3. The summed E-state index contributed by atoms with van der Waals surface area (Å²) in [6.07, 6.45) is 6.06. The number of anilines is 1. The molecule has 218 valence electrons. The molecule has 42 heavy (non-hydrogen) atoms. The molecule has 5 rings (SSSR count). The van der Waals surface area contributed by atoms with Gasteiger partial charge in [0.05, 0.1) is 10.2 Å². The summed E-state index contributed by atoms with van der Waals surface area (Å²) in [7, 11) is 0. The van der Waals surface area contributed by atoms with E-state index in [1.165, 1.54) is 23.3 Å². The van der Waals surface area contributed by atoms with Crippen molar-refractivity contribution >= 4 is 44.8 Å². The van der Waals surface area contributed by atoms with Crippen molar-refractivity contribution in [2.24, 2.45) is 11.7 Å². The van der Waals surface area contributed by atoms with Gasteiger partial charge in [0.1, 0.15) is 6.04 Å². The van der Waals surface area contributed by atoms with E-state index in [-0.39, 0.29) is 17.6 Å². The standard InChI is InChI=1S/C34H38N4O3S/c1-21(2)24-12-14-26(15-13-24)33(41)36-27-16-17-28-29(19-27)42-34(37-28)32(40)31(25-10-8-23(20-35)9-11-25)38-30(39)18-22-6-4-3-5-7-22/h8-17,19,21-22,31H,3-7,18,20,35H2,1-2H3,(H,36,41)(H,38,39). The van der Waals surface area contributed by atoms with Gasteiger partial charge in [0.25, 0.3) is 5.91 Å². The van der Waals surface area contributed by atoms with Crippen LogP contribution in [-0.2, 0) is 11.3 Å². The predicted octanol–water partition coefficient (Wildman–Crippen LogP) is 7.14. The van der Waals surface area contributed by atoms with Gasteiger partial charge in [0, 0.05) is 24.2 Å². The molecule has 1 heterocycles. The van der Waals surface area contributed by atoms with E-state index < -0.39 is 6.04 Å². The first-order valence-electron chi connectivity index (χ1n) is 14.7. The minimum Gasteiger partial charge on any atom is -0.342 e. The van der Waals surface area contributed by atoms with Crippen LogP contribution >= 0.6 is 11.3 Å². The van der Waals surface area contributed by atoms with Gasteiger partial charge in [-0.2, -0.15) is 0 Å². The Morgan fingerprint density at radius 1 is 0.929 bits per heavy atom. The maximum Gasteiger partial charge on any atom is 0.255 e. The lowest BCUT2D eigenvalue weighted by Crippen LogP contribution is -2.35. The molecule has 4 N–H and O–H groups in total. The summed E-state index contributed by atoms with van der Waals surface area (Å²) in [6, 6.07) is 19.6. The summed E-state index contributed by atoms with van der Waals surface area (Å²) in [5.41, 5.74) is 10.5. The minimum atomic E-state index is -0.846. The molecule has 7 nitrogen and oxygen atoms in total. The first kappa shape index (κ1) is 29.6. The Balaban J connectivity index is 1.35. The van der Waals surface area contributed by atoms with Crippen molar-refractivity contribution in [2.75, 3.05) is 5.32 Å². The molecule has 1 aliphatic carbocycles. The number of hydrogen-bond acceptors (Lipinski definition) is 6. The number of benzene rings is 3. The number of Topliss-reactive ketones (excluding diaryl/α,β-unsaturated/α-hetero) is 1.